The first-order chi connectivity index (χ1) is 8.72. The van der Waals surface area contributed by atoms with Gasteiger partial charge in [0.05, 0.1) is 30.1 Å². The zero-order valence-corrected chi connectivity index (χ0v) is 13.1. The Morgan fingerprint density at radius 1 is 1.28 bits per heavy atom. The summed E-state index contributed by atoms with van der Waals surface area (Å²) in [4.78, 5) is 4.79. The van der Waals surface area contributed by atoms with Crippen molar-refractivity contribution in [2.24, 2.45) is 0 Å². The molecule has 3 nitrogen and oxygen atoms in total. The van der Waals surface area contributed by atoms with E-state index < -0.39 is 0 Å². The van der Waals surface area contributed by atoms with E-state index in [1.165, 1.54) is 5.56 Å². The van der Waals surface area contributed by atoms with Crippen molar-refractivity contribution < 1.29 is 4.74 Å². The Labute approximate surface area is 122 Å². The molecular formula is C13H12Br2N2O. The zero-order valence-electron chi connectivity index (χ0n) is 9.89. The van der Waals surface area contributed by atoms with Crippen molar-refractivity contribution in [1.82, 2.24) is 4.98 Å². The largest absolute Gasteiger partial charge is 0.387 e. The molecule has 94 valence electrons. The van der Waals surface area contributed by atoms with Gasteiger partial charge in [-0.15, -0.1) is 0 Å². The maximum absolute atomic E-state index is 5.55. The number of benzene rings is 1. The summed E-state index contributed by atoms with van der Waals surface area (Å²) in [6.45, 7) is 1.38. The molecule has 0 atom stereocenters. The molecule has 0 bridgehead atoms. The first-order valence-corrected chi connectivity index (χ1v) is 7.36. The quantitative estimate of drug-likeness (QED) is 0.826. The van der Waals surface area contributed by atoms with Crippen LogP contribution in [0, 0.1) is 0 Å². The number of rotatable bonds is 1. The molecule has 18 heavy (non-hydrogen) atoms. The summed E-state index contributed by atoms with van der Waals surface area (Å²) in [5.74, 6) is 0. The molecule has 2 heterocycles. The first-order valence-electron chi connectivity index (χ1n) is 5.77. The first kappa shape index (κ1) is 12.4. The van der Waals surface area contributed by atoms with E-state index >= 15 is 0 Å². The predicted molar refractivity (Wildman–Crippen MR) is 80.0 cm³/mol. The van der Waals surface area contributed by atoms with Crippen LogP contribution in [0.3, 0.4) is 0 Å². The van der Waals surface area contributed by atoms with Gasteiger partial charge in [-0.2, -0.15) is 0 Å². The van der Waals surface area contributed by atoms with Crippen molar-refractivity contribution in [2.45, 2.75) is 13.0 Å². The van der Waals surface area contributed by atoms with Crippen molar-refractivity contribution in [1.29, 1.82) is 0 Å². The van der Waals surface area contributed by atoms with Crippen LogP contribution in [0.2, 0.25) is 0 Å². The molecule has 2 aromatic rings. The lowest BCUT2D eigenvalue weighted by atomic mass is 10.0. The van der Waals surface area contributed by atoms with Crippen LogP contribution in [0.15, 0.2) is 21.1 Å². The highest BCUT2D eigenvalue weighted by Crippen LogP contribution is 2.38. The highest BCUT2D eigenvalue weighted by atomic mass is 79.9. The van der Waals surface area contributed by atoms with E-state index in [-0.39, 0.29) is 0 Å². The molecular weight excluding hydrogens is 360 g/mol. The third kappa shape index (κ3) is 1.85. The molecule has 0 amide bonds. The Hall–Kier alpha value is -0.650. The fourth-order valence-electron chi connectivity index (χ4n) is 2.37. The number of nitrogens with zero attached hydrogens (tertiary/aromatic N) is 1. The second kappa shape index (κ2) is 4.79. The van der Waals surface area contributed by atoms with E-state index in [0.29, 0.717) is 6.61 Å². The third-order valence-corrected chi connectivity index (χ3v) is 4.51. The zero-order chi connectivity index (χ0) is 12.7. The molecule has 1 aliphatic heterocycles. The average Bonchev–Trinajstić information content (AvgIpc) is 2.41. The number of aromatic nitrogens is 1. The number of hydrogen-bond donors (Lipinski definition) is 1. The summed E-state index contributed by atoms with van der Waals surface area (Å²) in [6, 6.07) is 4.05. The molecule has 3 rings (SSSR count). The van der Waals surface area contributed by atoms with Crippen molar-refractivity contribution in [2.75, 3.05) is 19.0 Å². The lowest BCUT2D eigenvalue weighted by molar-refractivity contribution is 0.110. The summed E-state index contributed by atoms with van der Waals surface area (Å²) >= 11 is 7.19. The number of fused-ring (bicyclic) bond motifs is 2. The van der Waals surface area contributed by atoms with Gasteiger partial charge in [-0.3, -0.25) is 4.98 Å². The van der Waals surface area contributed by atoms with Crippen LogP contribution in [0.1, 0.15) is 11.3 Å². The van der Waals surface area contributed by atoms with E-state index in [9.17, 15) is 0 Å². The van der Waals surface area contributed by atoms with E-state index in [4.69, 9.17) is 9.72 Å². The van der Waals surface area contributed by atoms with E-state index in [1.54, 1.807) is 0 Å². The molecule has 0 radical (unpaired) electrons. The van der Waals surface area contributed by atoms with Gasteiger partial charge in [0.2, 0.25) is 0 Å². The fraction of sp³-hybridized carbons (Fsp3) is 0.308. The number of anilines is 1. The highest BCUT2D eigenvalue weighted by Gasteiger charge is 2.20. The number of hydrogen-bond acceptors (Lipinski definition) is 3. The van der Waals surface area contributed by atoms with Crippen molar-refractivity contribution in [3.05, 3.63) is 32.3 Å². The van der Waals surface area contributed by atoms with Gasteiger partial charge in [-0.25, -0.2) is 0 Å². The Bertz CT molecular complexity index is 628. The minimum absolute atomic E-state index is 0.632. The Balaban J connectivity index is 2.44. The summed E-state index contributed by atoms with van der Waals surface area (Å²) in [7, 11) is 1.94. The van der Waals surface area contributed by atoms with E-state index in [0.717, 1.165) is 44.3 Å². The number of halogens is 2. The van der Waals surface area contributed by atoms with Gasteiger partial charge in [0.1, 0.15) is 0 Å². The van der Waals surface area contributed by atoms with Crippen LogP contribution >= 0.6 is 31.9 Å². The summed E-state index contributed by atoms with van der Waals surface area (Å²) < 4.78 is 7.62. The highest BCUT2D eigenvalue weighted by molar-refractivity contribution is 9.11. The molecule has 1 aromatic carbocycles. The second-order valence-electron chi connectivity index (χ2n) is 4.22. The topological polar surface area (TPSA) is 34.2 Å². The van der Waals surface area contributed by atoms with Gasteiger partial charge in [-0.1, -0.05) is 15.9 Å². The van der Waals surface area contributed by atoms with E-state index in [2.05, 4.69) is 37.2 Å². The van der Waals surface area contributed by atoms with Crippen molar-refractivity contribution in [3.8, 4) is 0 Å². The van der Waals surface area contributed by atoms with Crippen LogP contribution in [0.4, 0.5) is 5.69 Å². The predicted octanol–water partition coefficient (Wildman–Crippen LogP) is 3.87. The molecule has 1 aliphatic rings. The minimum Gasteiger partial charge on any atom is -0.387 e. The normalized spacial score (nSPS) is 14.6. The van der Waals surface area contributed by atoms with Gasteiger partial charge >= 0.3 is 0 Å². The van der Waals surface area contributed by atoms with Crippen LogP contribution in [0.25, 0.3) is 10.9 Å². The Kier molecular flexibility index (Phi) is 3.30. The van der Waals surface area contributed by atoms with Crippen LogP contribution < -0.4 is 5.32 Å². The molecule has 1 aromatic heterocycles. The van der Waals surface area contributed by atoms with Gasteiger partial charge < -0.3 is 10.1 Å². The molecule has 1 N–H and O–H groups in total. The SMILES string of the molecule is CNc1c2c(nc3c(Br)ccc(Br)c13)CCOC2. The van der Waals surface area contributed by atoms with Crippen molar-refractivity contribution in [3.63, 3.8) is 0 Å². The Morgan fingerprint density at radius 3 is 2.83 bits per heavy atom. The molecule has 0 fully saturated rings. The van der Waals surface area contributed by atoms with Gasteiger partial charge in [0.15, 0.2) is 0 Å². The maximum Gasteiger partial charge on any atom is 0.0879 e. The smallest absolute Gasteiger partial charge is 0.0879 e. The van der Waals surface area contributed by atoms with Gasteiger partial charge in [-0.05, 0) is 28.1 Å². The van der Waals surface area contributed by atoms with Crippen molar-refractivity contribution >= 4 is 48.5 Å². The minimum atomic E-state index is 0.632. The molecule has 0 unspecified atom stereocenters. The number of pyridine rings is 1. The molecule has 0 saturated carbocycles. The van der Waals surface area contributed by atoms with Crippen LogP contribution in [0.5, 0.6) is 0 Å². The third-order valence-electron chi connectivity index (χ3n) is 3.20. The van der Waals surface area contributed by atoms with Crippen LogP contribution in [-0.4, -0.2) is 18.6 Å². The molecule has 0 spiro atoms. The second-order valence-corrected chi connectivity index (χ2v) is 5.93. The summed E-state index contributed by atoms with van der Waals surface area (Å²) in [6.07, 6.45) is 0.874. The van der Waals surface area contributed by atoms with Gasteiger partial charge in [0.25, 0.3) is 0 Å². The average molecular weight is 372 g/mol. The monoisotopic (exact) mass is 370 g/mol. The lowest BCUT2D eigenvalue weighted by Crippen LogP contribution is -2.14. The molecule has 0 saturated heterocycles. The Morgan fingerprint density at radius 2 is 2.06 bits per heavy atom. The number of ether oxygens (including phenoxy) is 1. The van der Waals surface area contributed by atoms with E-state index in [1.807, 2.05) is 19.2 Å². The summed E-state index contributed by atoms with van der Waals surface area (Å²) in [5.41, 5.74) is 4.42. The van der Waals surface area contributed by atoms with Crippen LogP contribution in [-0.2, 0) is 17.8 Å². The standard InChI is InChI=1S/C13H12Br2N2O/c1-16-12-7-6-18-5-4-10(7)17-13-9(15)3-2-8(14)11(12)13/h2-3H,4-6H2,1H3,(H,16,17). The van der Waals surface area contributed by atoms with Gasteiger partial charge in [0, 0.05) is 33.4 Å². The summed E-state index contributed by atoms with van der Waals surface area (Å²) in [5, 5.41) is 4.40. The number of nitrogens with one attached hydrogen (secondary N) is 1. The molecule has 5 heteroatoms. The maximum atomic E-state index is 5.55. The molecule has 0 aliphatic carbocycles. The fourth-order valence-corrected chi connectivity index (χ4v) is 3.30. The lowest BCUT2D eigenvalue weighted by Gasteiger charge is -2.21.